The van der Waals surface area contributed by atoms with Gasteiger partial charge in [-0.05, 0) is 30.2 Å². The van der Waals surface area contributed by atoms with Gasteiger partial charge in [0.05, 0.1) is 0 Å². The number of allylic oxidation sites excluding steroid dienone is 2. The third-order valence-corrected chi connectivity index (χ3v) is 2.28. The molecule has 0 saturated carbocycles. The maximum Gasteiger partial charge on any atom is 0.0359 e. The predicted octanol–water partition coefficient (Wildman–Crippen LogP) is 2.81. The van der Waals surface area contributed by atoms with Crippen molar-refractivity contribution in [2.45, 2.75) is 27.7 Å². The highest BCUT2D eigenvalue weighted by Gasteiger charge is 2.16. The minimum absolute atomic E-state index is 0.302. The van der Waals surface area contributed by atoms with Gasteiger partial charge in [-0.3, -0.25) is 0 Å². The van der Waals surface area contributed by atoms with Crippen molar-refractivity contribution in [2.75, 3.05) is 13.1 Å². The molecule has 68 valence electrons. The van der Waals surface area contributed by atoms with Gasteiger partial charge in [-0.2, -0.15) is 0 Å². The molecule has 1 heterocycles. The van der Waals surface area contributed by atoms with Crippen LogP contribution in [-0.4, -0.2) is 18.0 Å². The van der Waals surface area contributed by atoms with Crippen LogP contribution in [0.15, 0.2) is 23.9 Å². The molecular weight excluding hydrogens is 146 g/mol. The number of likely N-dealkylation sites (N-methyl/N-ethyl adjacent to an activating group) is 1. The van der Waals surface area contributed by atoms with Crippen LogP contribution in [0.3, 0.4) is 0 Å². The highest BCUT2D eigenvalue weighted by molar-refractivity contribution is 5.27. The summed E-state index contributed by atoms with van der Waals surface area (Å²) in [5, 5.41) is 0. The monoisotopic (exact) mass is 165 g/mol. The second-order valence-electron chi connectivity index (χ2n) is 4.31. The minimum atomic E-state index is 0.302. The zero-order valence-corrected chi connectivity index (χ0v) is 8.59. The summed E-state index contributed by atoms with van der Waals surface area (Å²) in [6, 6.07) is 0. The van der Waals surface area contributed by atoms with Gasteiger partial charge >= 0.3 is 0 Å². The molecule has 0 N–H and O–H groups in total. The molecule has 1 aliphatic heterocycles. The first-order valence-corrected chi connectivity index (χ1v) is 4.67. The highest BCUT2D eigenvalue weighted by atomic mass is 15.1. The van der Waals surface area contributed by atoms with Crippen molar-refractivity contribution in [1.82, 2.24) is 4.90 Å². The molecule has 1 aliphatic rings. The second kappa shape index (κ2) is 3.34. The number of rotatable bonds is 1. The average molecular weight is 165 g/mol. The summed E-state index contributed by atoms with van der Waals surface area (Å²) in [5.74, 6) is 0. The van der Waals surface area contributed by atoms with Crippen molar-refractivity contribution in [3.63, 3.8) is 0 Å². The summed E-state index contributed by atoms with van der Waals surface area (Å²) < 4.78 is 0. The minimum Gasteiger partial charge on any atom is -0.374 e. The Bertz CT molecular complexity index is 206. The predicted molar refractivity (Wildman–Crippen MR) is 53.9 cm³/mol. The van der Waals surface area contributed by atoms with Crippen LogP contribution in [0.25, 0.3) is 0 Å². The molecule has 1 rings (SSSR count). The molecular formula is C11H19N. The smallest absolute Gasteiger partial charge is 0.0359 e. The molecule has 0 aromatic heterocycles. The van der Waals surface area contributed by atoms with Crippen LogP contribution < -0.4 is 0 Å². The largest absolute Gasteiger partial charge is 0.374 e. The molecule has 1 heteroatoms. The molecule has 1 nitrogen and oxygen atoms in total. The van der Waals surface area contributed by atoms with Gasteiger partial charge in [-0.1, -0.05) is 26.8 Å². The molecule has 12 heavy (non-hydrogen) atoms. The summed E-state index contributed by atoms with van der Waals surface area (Å²) in [4.78, 5) is 2.30. The van der Waals surface area contributed by atoms with Gasteiger partial charge in [0.25, 0.3) is 0 Å². The number of hydrogen-bond donors (Lipinski definition) is 0. The van der Waals surface area contributed by atoms with Crippen LogP contribution in [0.2, 0.25) is 0 Å². The van der Waals surface area contributed by atoms with Crippen LogP contribution in [-0.2, 0) is 0 Å². The molecule has 0 spiro atoms. The summed E-state index contributed by atoms with van der Waals surface area (Å²) in [6.07, 6.45) is 6.75. The summed E-state index contributed by atoms with van der Waals surface area (Å²) >= 11 is 0. The van der Waals surface area contributed by atoms with E-state index in [4.69, 9.17) is 0 Å². The van der Waals surface area contributed by atoms with Crippen molar-refractivity contribution in [1.29, 1.82) is 0 Å². The molecule has 0 aromatic carbocycles. The Hall–Kier alpha value is -0.720. The summed E-state index contributed by atoms with van der Waals surface area (Å²) in [6.45, 7) is 11.1. The Balaban J connectivity index is 2.64. The van der Waals surface area contributed by atoms with Crippen LogP contribution in [0.1, 0.15) is 27.7 Å². The van der Waals surface area contributed by atoms with Crippen molar-refractivity contribution < 1.29 is 0 Å². The third-order valence-electron chi connectivity index (χ3n) is 2.28. The van der Waals surface area contributed by atoms with Gasteiger partial charge in [0.2, 0.25) is 0 Å². The van der Waals surface area contributed by atoms with Crippen molar-refractivity contribution in [3.05, 3.63) is 23.9 Å². The first kappa shape index (κ1) is 9.37. The van der Waals surface area contributed by atoms with Crippen molar-refractivity contribution >= 4 is 0 Å². The Morgan fingerprint density at radius 3 is 2.42 bits per heavy atom. The van der Waals surface area contributed by atoms with E-state index >= 15 is 0 Å². The lowest BCUT2D eigenvalue weighted by Crippen LogP contribution is -2.22. The summed E-state index contributed by atoms with van der Waals surface area (Å²) in [5.41, 5.74) is 1.75. The fourth-order valence-electron chi connectivity index (χ4n) is 1.32. The van der Waals surface area contributed by atoms with Gasteiger partial charge in [0, 0.05) is 13.1 Å². The van der Waals surface area contributed by atoms with E-state index in [0.717, 1.165) is 13.1 Å². The molecule has 0 unspecified atom stereocenters. The fourth-order valence-corrected chi connectivity index (χ4v) is 1.32. The second-order valence-corrected chi connectivity index (χ2v) is 4.31. The molecule has 0 saturated heterocycles. The topological polar surface area (TPSA) is 3.24 Å². The van der Waals surface area contributed by atoms with Crippen molar-refractivity contribution in [3.8, 4) is 0 Å². The highest BCUT2D eigenvalue weighted by Crippen LogP contribution is 2.27. The van der Waals surface area contributed by atoms with Gasteiger partial charge in [-0.15, -0.1) is 0 Å². The zero-order valence-electron chi connectivity index (χ0n) is 8.59. The van der Waals surface area contributed by atoms with Gasteiger partial charge in [0.1, 0.15) is 0 Å². The van der Waals surface area contributed by atoms with E-state index in [2.05, 4.69) is 50.9 Å². The van der Waals surface area contributed by atoms with E-state index in [1.807, 2.05) is 0 Å². The van der Waals surface area contributed by atoms with Gasteiger partial charge < -0.3 is 4.90 Å². The van der Waals surface area contributed by atoms with E-state index in [1.54, 1.807) is 0 Å². The Morgan fingerprint density at radius 2 is 2.08 bits per heavy atom. The zero-order chi connectivity index (χ0) is 9.19. The van der Waals surface area contributed by atoms with Crippen LogP contribution in [0.4, 0.5) is 0 Å². The summed E-state index contributed by atoms with van der Waals surface area (Å²) in [7, 11) is 0. The maximum atomic E-state index is 2.32. The Labute approximate surface area is 75.8 Å². The quantitative estimate of drug-likeness (QED) is 0.577. The standard InChI is InChI=1S/C11H19N/c1-5-12-8-6-10(7-9-12)11(2,3)4/h6-8H,5,9H2,1-4H3. The average Bonchev–Trinajstić information content (AvgIpc) is 2.03. The van der Waals surface area contributed by atoms with Gasteiger partial charge in [0.15, 0.2) is 0 Å². The van der Waals surface area contributed by atoms with Gasteiger partial charge in [-0.25, -0.2) is 0 Å². The van der Waals surface area contributed by atoms with Crippen LogP contribution >= 0.6 is 0 Å². The molecule has 0 aliphatic carbocycles. The first-order chi connectivity index (χ1) is 5.54. The fraction of sp³-hybridized carbons (Fsp3) is 0.636. The molecule has 0 bridgehead atoms. The lowest BCUT2D eigenvalue weighted by molar-refractivity contribution is 0.419. The van der Waals surface area contributed by atoms with Crippen LogP contribution in [0.5, 0.6) is 0 Å². The first-order valence-electron chi connectivity index (χ1n) is 4.67. The molecule has 0 radical (unpaired) electrons. The Kier molecular flexibility index (Phi) is 2.61. The third kappa shape index (κ3) is 2.13. The van der Waals surface area contributed by atoms with E-state index < -0.39 is 0 Å². The molecule has 0 fully saturated rings. The normalized spacial score (nSPS) is 18.0. The SMILES string of the molecule is CCN1C=CC(C(C)(C)C)=CC1. The number of hydrogen-bond acceptors (Lipinski definition) is 1. The molecule has 0 amide bonds. The molecule has 0 atom stereocenters. The lowest BCUT2D eigenvalue weighted by atomic mass is 9.85. The van der Waals surface area contributed by atoms with Crippen molar-refractivity contribution in [2.24, 2.45) is 5.41 Å². The van der Waals surface area contributed by atoms with E-state index in [-0.39, 0.29) is 0 Å². The molecule has 0 aromatic rings. The maximum absolute atomic E-state index is 2.32. The lowest BCUT2D eigenvalue weighted by Gasteiger charge is -2.27. The number of nitrogens with zero attached hydrogens (tertiary/aromatic N) is 1. The van der Waals surface area contributed by atoms with E-state index in [1.165, 1.54) is 5.57 Å². The van der Waals surface area contributed by atoms with E-state index in [9.17, 15) is 0 Å². The van der Waals surface area contributed by atoms with E-state index in [0.29, 0.717) is 5.41 Å². The van der Waals surface area contributed by atoms with Crippen LogP contribution in [0, 0.1) is 5.41 Å². The Morgan fingerprint density at radius 1 is 1.42 bits per heavy atom.